The molecule has 1 rings (SSSR count). The highest BCUT2D eigenvalue weighted by Gasteiger charge is 2.22. The van der Waals surface area contributed by atoms with Crippen LogP contribution in [-0.4, -0.2) is 27.7 Å². The number of rotatable bonds is 5. The highest BCUT2D eigenvalue weighted by molar-refractivity contribution is 6.30. The van der Waals surface area contributed by atoms with E-state index in [-0.39, 0.29) is 18.1 Å². The highest BCUT2D eigenvalue weighted by atomic mass is 35.5. The molecule has 0 radical (unpaired) electrons. The van der Waals surface area contributed by atoms with Gasteiger partial charge < -0.3 is 10.4 Å². The Labute approximate surface area is 127 Å². The molecular formula is C15H26ClN3O. The molecule has 0 aliphatic heterocycles. The van der Waals surface area contributed by atoms with Gasteiger partial charge in [0.1, 0.15) is 16.8 Å². The fourth-order valence-corrected chi connectivity index (χ4v) is 2.02. The van der Waals surface area contributed by atoms with Crippen molar-refractivity contribution in [2.45, 2.75) is 59.4 Å². The van der Waals surface area contributed by atoms with Gasteiger partial charge in [-0.05, 0) is 19.3 Å². The lowest BCUT2D eigenvalue weighted by atomic mass is 9.95. The molecule has 0 spiro atoms. The summed E-state index contributed by atoms with van der Waals surface area (Å²) in [6, 6.07) is 0.164. The van der Waals surface area contributed by atoms with E-state index in [4.69, 9.17) is 11.6 Å². The molecule has 1 aromatic rings. The van der Waals surface area contributed by atoms with Gasteiger partial charge in [0.05, 0.1) is 0 Å². The van der Waals surface area contributed by atoms with Gasteiger partial charge in [0, 0.05) is 23.6 Å². The molecule has 0 fully saturated rings. The van der Waals surface area contributed by atoms with E-state index < -0.39 is 0 Å². The minimum absolute atomic E-state index is 0.153. The number of aromatic nitrogens is 2. The molecule has 2 N–H and O–H groups in total. The van der Waals surface area contributed by atoms with Crippen LogP contribution in [-0.2, 0) is 5.41 Å². The van der Waals surface area contributed by atoms with Crippen LogP contribution in [0.25, 0.3) is 0 Å². The van der Waals surface area contributed by atoms with Crippen molar-refractivity contribution in [3.05, 3.63) is 16.5 Å². The standard InChI is InChI=1S/C15H26ClN3O/c1-9(2)11(7-8-20)17-13-10(3)12(16)18-14(19-13)15(4,5)6/h9,11,20H,7-8H2,1-6H3,(H,17,18,19). The van der Waals surface area contributed by atoms with Crippen molar-refractivity contribution in [2.24, 2.45) is 5.92 Å². The quantitative estimate of drug-likeness (QED) is 0.816. The van der Waals surface area contributed by atoms with E-state index >= 15 is 0 Å². The van der Waals surface area contributed by atoms with E-state index in [0.717, 1.165) is 17.2 Å². The number of hydrogen-bond donors (Lipinski definition) is 2. The summed E-state index contributed by atoms with van der Waals surface area (Å²) in [5, 5.41) is 13.1. The second-order valence-electron chi connectivity index (χ2n) is 6.57. The third-order valence-corrected chi connectivity index (χ3v) is 3.69. The molecule has 0 aromatic carbocycles. The van der Waals surface area contributed by atoms with E-state index in [1.54, 1.807) is 0 Å². The van der Waals surface area contributed by atoms with E-state index in [9.17, 15) is 5.11 Å². The molecule has 1 atom stereocenters. The van der Waals surface area contributed by atoms with Crippen LogP contribution in [0.15, 0.2) is 0 Å². The molecule has 1 heterocycles. The fraction of sp³-hybridized carbons (Fsp3) is 0.733. The predicted molar refractivity (Wildman–Crippen MR) is 84.4 cm³/mol. The van der Waals surface area contributed by atoms with E-state index in [0.29, 0.717) is 17.5 Å². The average molecular weight is 300 g/mol. The van der Waals surface area contributed by atoms with Crippen molar-refractivity contribution in [3.8, 4) is 0 Å². The zero-order valence-electron chi connectivity index (χ0n) is 13.3. The third-order valence-electron chi connectivity index (χ3n) is 3.32. The first-order chi connectivity index (χ1) is 9.16. The number of nitrogens with one attached hydrogen (secondary N) is 1. The number of halogens is 1. The van der Waals surface area contributed by atoms with Gasteiger partial charge in [-0.1, -0.05) is 46.2 Å². The average Bonchev–Trinajstić information content (AvgIpc) is 2.32. The van der Waals surface area contributed by atoms with Crippen LogP contribution in [0.4, 0.5) is 5.82 Å². The SMILES string of the molecule is Cc1c(Cl)nc(C(C)(C)C)nc1NC(CCO)C(C)C. The van der Waals surface area contributed by atoms with Crippen LogP contribution >= 0.6 is 11.6 Å². The predicted octanol–water partition coefficient (Wildman–Crippen LogP) is 3.55. The highest BCUT2D eigenvalue weighted by Crippen LogP contribution is 2.27. The van der Waals surface area contributed by atoms with Crippen LogP contribution in [0.1, 0.15) is 52.4 Å². The van der Waals surface area contributed by atoms with Crippen molar-refractivity contribution >= 4 is 17.4 Å². The summed E-state index contributed by atoms with van der Waals surface area (Å²) < 4.78 is 0. The van der Waals surface area contributed by atoms with Crippen LogP contribution in [0.2, 0.25) is 5.15 Å². The largest absolute Gasteiger partial charge is 0.396 e. The van der Waals surface area contributed by atoms with Crippen molar-refractivity contribution in [1.29, 1.82) is 0 Å². The Kier molecular flexibility index (Phi) is 5.78. The topological polar surface area (TPSA) is 58.0 Å². The van der Waals surface area contributed by atoms with E-state index in [2.05, 4.69) is 49.9 Å². The van der Waals surface area contributed by atoms with E-state index in [1.165, 1.54) is 0 Å². The summed E-state index contributed by atoms with van der Waals surface area (Å²) in [6.45, 7) is 12.5. The Morgan fingerprint density at radius 2 is 1.85 bits per heavy atom. The molecule has 0 saturated heterocycles. The fourth-order valence-electron chi connectivity index (χ4n) is 1.85. The van der Waals surface area contributed by atoms with Crippen molar-refractivity contribution in [3.63, 3.8) is 0 Å². The maximum absolute atomic E-state index is 9.17. The number of anilines is 1. The summed E-state index contributed by atoms with van der Waals surface area (Å²) in [6.07, 6.45) is 0.684. The minimum atomic E-state index is -0.155. The summed E-state index contributed by atoms with van der Waals surface area (Å²) in [4.78, 5) is 8.99. The Bertz CT molecular complexity index is 455. The zero-order chi connectivity index (χ0) is 15.5. The van der Waals surface area contributed by atoms with Gasteiger partial charge in [0.2, 0.25) is 0 Å². The van der Waals surface area contributed by atoms with Crippen molar-refractivity contribution in [1.82, 2.24) is 9.97 Å². The Morgan fingerprint density at radius 1 is 1.25 bits per heavy atom. The van der Waals surface area contributed by atoms with Gasteiger partial charge in [-0.15, -0.1) is 0 Å². The summed E-state index contributed by atoms with van der Waals surface area (Å²) in [5.74, 6) is 1.89. The Hall–Kier alpha value is -0.870. The molecule has 0 amide bonds. The van der Waals surface area contributed by atoms with Crippen LogP contribution in [0.3, 0.4) is 0 Å². The van der Waals surface area contributed by atoms with Gasteiger partial charge in [0.15, 0.2) is 0 Å². The van der Waals surface area contributed by atoms with Crippen LogP contribution in [0, 0.1) is 12.8 Å². The Balaban J connectivity index is 3.13. The smallest absolute Gasteiger partial charge is 0.137 e. The maximum Gasteiger partial charge on any atom is 0.137 e. The molecular weight excluding hydrogens is 274 g/mol. The maximum atomic E-state index is 9.17. The lowest BCUT2D eigenvalue weighted by molar-refractivity contribution is 0.267. The molecule has 20 heavy (non-hydrogen) atoms. The van der Waals surface area contributed by atoms with Gasteiger partial charge in [-0.3, -0.25) is 0 Å². The second kappa shape index (κ2) is 6.72. The lowest BCUT2D eigenvalue weighted by Gasteiger charge is -2.25. The number of aliphatic hydroxyl groups excluding tert-OH is 1. The third kappa shape index (κ3) is 4.32. The van der Waals surface area contributed by atoms with Gasteiger partial charge in [-0.25, -0.2) is 9.97 Å². The summed E-state index contributed by atoms with van der Waals surface area (Å²) in [7, 11) is 0. The van der Waals surface area contributed by atoms with Gasteiger partial charge in [-0.2, -0.15) is 0 Å². The van der Waals surface area contributed by atoms with Gasteiger partial charge in [0.25, 0.3) is 0 Å². The molecule has 5 heteroatoms. The molecule has 1 unspecified atom stereocenters. The Morgan fingerprint density at radius 3 is 2.30 bits per heavy atom. The number of nitrogens with zero attached hydrogens (tertiary/aromatic N) is 2. The molecule has 0 saturated carbocycles. The van der Waals surface area contributed by atoms with E-state index in [1.807, 2.05) is 6.92 Å². The molecule has 0 aliphatic carbocycles. The number of aliphatic hydroxyl groups is 1. The summed E-state index contributed by atoms with van der Waals surface area (Å²) in [5.41, 5.74) is 0.696. The first-order valence-corrected chi connectivity index (χ1v) is 7.46. The molecule has 4 nitrogen and oxygen atoms in total. The molecule has 114 valence electrons. The first kappa shape index (κ1) is 17.2. The lowest BCUT2D eigenvalue weighted by Crippen LogP contribution is -2.29. The second-order valence-corrected chi connectivity index (χ2v) is 6.93. The van der Waals surface area contributed by atoms with Crippen molar-refractivity contribution < 1.29 is 5.11 Å². The van der Waals surface area contributed by atoms with Crippen LogP contribution < -0.4 is 5.32 Å². The zero-order valence-corrected chi connectivity index (χ0v) is 14.0. The monoisotopic (exact) mass is 299 g/mol. The minimum Gasteiger partial charge on any atom is -0.396 e. The molecule has 0 aliphatic rings. The normalized spacial score (nSPS) is 13.7. The van der Waals surface area contributed by atoms with Crippen molar-refractivity contribution in [2.75, 3.05) is 11.9 Å². The number of hydrogen-bond acceptors (Lipinski definition) is 4. The van der Waals surface area contributed by atoms with Crippen LogP contribution in [0.5, 0.6) is 0 Å². The van der Waals surface area contributed by atoms with Gasteiger partial charge >= 0.3 is 0 Å². The first-order valence-electron chi connectivity index (χ1n) is 7.08. The molecule has 1 aromatic heterocycles. The summed E-state index contributed by atoms with van der Waals surface area (Å²) >= 11 is 6.22. The molecule has 0 bridgehead atoms.